The lowest BCUT2D eigenvalue weighted by Crippen LogP contribution is -2.01. The average molecular weight is 216 g/mol. The summed E-state index contributed by atoms with van der Waals surface area (Å²) in [4.78, 5) is 21.4. The van der Waals surface area contributed by atoms with Crippen LogP contribution < -0.4 is 0 Å². The number of ketones is 1. The number of Topliss-reactive ketones (excluding diaryl/α,β-unsaturated/α-hetero) is 1. The minimum atomic E-state index is -1.25. The van der Waals surface area contributed by atoms with E-state index >= 15 is 0 Å². The van der Waals surface area contributed by atoms with Crippen LogP contribution in [0.25, 0.3) is 0 Å². The van der Waals surface area contributed by atoms with E-state index in [0.717, 1.165) is 0 Å². The van der Waals surface area contributed by atoms with Crippen molar-refractivity contribution in [3.8, 4) is 5.75 Å². The molecule has 0 fully saturated rings. The summed E-state index contributed by atoms with van der Waals surface area (Å²) in [5.74, 6) is -2.08. The summed E-state index contributed by atoms with van der Waals surface area (Å²) in [7, 11) is 0. The largest absolute Gasteiger partial charge is 0.506 e. The Morgan fingerprint density at radius 2 is 1.60 bits per heavy atom. The van der Waals surface area contributed by atoms with Gasteiger partial charge in [-0.15, -0.1) is 0 Å². The number of carboxylic acid groups (broad SMARTS) is 1. The molecule has 0 spiro atoms. The highest BCUT2D eigenvalue weighted by molar-refractivity contribution is 6.01. The van der Waals surface area contributed by atoms with E-state index in [4.69, 9.17) is 5.11 Å². The molecule has 1 rings (SSSR count). The molecular formula is C9H12O6. The van der Waals surface area contributed by atoms with Crippen LogP contribution >= 0.6 is 0 Å². The lowest BCUT2D eigenvalue weighted by molar-refractivity contribution is 0.0693. The highest BCUT2D eigenvalue weighted by Crippen LogP contribution is 2.22. The van der Waals surface area contributed by atoms with E-state index in [1.54, 1.807) is 0 Å². The van der Waals surface area contributed by atoms with E-state index in [-0.39, 0.29) is 27.9 Å². The molecule has 0 heterocycles. The standard InChI is InChI=1S/C9H8O4.2H2O/c1-5(10)6-3-2-4-7(8(6)11)9(12)13;;/h2-4,11H,1H3,(H,12,13);2*1H2. The highest BCUT2D eigenvalue weighted by Gasteiger charge is 2.14. The van der Waals surface area contributed by atoms with Crippen molar-refractivity contribution in [2.75, 3.05) is 0 Å². The maximum atomic E-state index is 10.9. The van der Waals surface area contributed by atoms with E-state index in [2.05, 4.69) is 0 Å². The van der Waals surface area contributed by atoms with Gasteiger partial charge in [-0.3, -0.25) is 4.79 Å². The van der Waals surface area contributed by atoms with Crippen LogP contribution in [0.15, 0.2) is 18.2 Å². The van der Waals surface area contributed by atoms with Gasteiger partial charge in [-0.1, -0.05) is 6.07 Å². The van der Waals surface area contributed by atoms with Crippen molar-refractivity contribution in [2.24, 2.45) is 0 Å². The topological polar surface area (TPSA) is 138 Å². The minimum absolute atomic E-state index is 0. The van der Waals surface area contributed by atoms with Gasteiger partial charge in [0.05, 0.1) is 5.56 Å². The van der Waals surface area contributed by atoms with E-state index < -0.39 is 11.7 Å². The maximum Gasteiger partial charge on any atom is 0.339 e. The molecule has 0 aliphatic carbocycles. The van der Waals surface area contributed by atoms with Crippen molar-refractivity contribution in [3.63, 3.8) is 0 Å². The Morgan fingerprint density at radius 1 is 1.13 bits per heavy atom. The number of hydrogen-bond acceptors (Lipinski definition) is 3. The Bertz CT molecular complexity index is 339. The van der Waals surface area contributed by atoms with Crippen LogP contribution in [0.4, 0.5) is 0 Å². The summed E-state index contributed by atoms with van der Waals surface area (Å²) in [6.07, 6.45) is 0. The number of aromatic hydroxyl groups is 1. The van der Waals surface area contributed by atoms with E-state index in [0.29, 0.717) is 0 Å². The average Bonchev–Trinajstić information content (AvgIpc) is 2.03. The fourth-order valence-electron chi connectivity index (χ4n) is 1.00. The van der Waals surface area contributed by atoms with E-state index in [1.807, 2.05) is 0 Å². The molecule has 0 amide bonds. The number of rotatable bonds is 2. The second kappa shape index (κ2) is 5.74. The Labute approximate surface area is 85.4 Å². The molecule has 0 saturated heterocycles. The van der Waals surface area contributed by atoms with Crippen LogP contribution in [-0.2, 0) is 0 Å². The van der Waals surface area contributed by atoms with Crippen LogP contribution in [-0.4, -0.2) is 32.9 Å². The first-order valence-corrected chi connectivity index (χ1v) is 3.60. The second-order valence-corrected chi connectivity index (χ2v) is 2.56. The molecular weight excluding hydrogens is 204 g/mol. The number of carbonyl (C=O) groups is 2. The Balaban J connectivity index is 0. The Hall–Kier alpha value is -1.92. The summed E-state index contributed by atoms with van der Waals surface area (Å²) in [5, 5.41) is 17.9. The van der Waals surface area contributed by atoms with Crippen molar-refractivity contribution < 1.29 is 30.8 Å². The van der Waals surface area contributed by atoms with Gasteiger partial charge in [0.15, 0.2) is 5.78 Å². The lowest BCUT2D eigenvalue weighted by Gasteiger charge is -2.02. The summed E-state index contributed by atoms with van der Waals surface area (Å²) in [5.41, 5.74) is -0.229. The molecule has 0 aliphatic heterocycles. The molecule has 0 aromatic heterocycles. The summed E-state index contributed by atoms with van der Waals surface area (Å²) in [6, 6.07) is 4.04. The smallest absolute Gasteiger partial charge is 0.339 e. The molecule has 0 unspecified atom stereocenters. The van der Waals surface area contributed by atoms with Gasteiger partial charge >= 0.3 is 5.97 Å². The highest BCUT2D eigenvalue weighted by atomic mass is 16.4. The number of phenols is 1. The first kappa shape index (κ1) is 15.5. The summed E-state index contributed by atoms with van der Waals surface area (Å²) >= 11 is 0. The SMILES string of the molecule is CC(=O)c1cccc(C(=O)O)c1O.O.O. The van der Waals surface area contributed by atoms with Crippen molar-refractivity contribution >= 4 is 11.8 Å². The van der Waals surface area contributed by atoms with Gasteiger partial charge in [0.1, 0.15) is 11.3 Å². The molecule has 0 saturated carbocycles. The fourth-order valence-corrected chi connectivity index (χ4v) is 1.00. The number of aromatic carboxylic acids is 1. The van der Waals surface area contributed by atoms with Gasteiger partial charge in [0.2, 0.25) is 0 Å². The van der Waals surface area contributed by atoms with Crippen molar-refractivity contribution in [1.29, 1.82) is 0 Å². The second-order valence-electron chi connectivity index (χ2n) is 2.56. The zero-order valence-corrected chi connectivity index (χ0v) is 7.94. The molecule has 6 heteroatoms. The molecule has 0 radical (unpaired) electrons. The van der Waals surface area contributed by atoms with Gasteiger partial charge < -0.3 is 21.2 Å². The molecule has 84 valence electrons. The summed E-state index contributed by atoms with van der Waals surface area (Å²) < 4.78 is 0. The molecule has 15 heavy (non-hydrogen) atoms. The predicted molar refractivity (Wildman–Crippen MR) is 52.3 cm³/mol. The van der Waals surface area contributed by atoms with Crippen LogP contribution in [0, 0.1) is 0 Å². The Kier molecular flexibility index (Phi) is 5.94. The molecule has 1 aromatic carbocycles. The van der Waals surface area contributed by atoms with Crippen molar-refractivity contribution in [3.05, 3.63) is 29.3 Å². The molecule has 6 nitrogen and oxygen atoms in total. The number of carbonyl (C=O) groups excluding carboxylic acids is 1. The number of para-hydroxylation sites is 1. The van der Waals surface area contributed by atoms with Crippen molar-refractivity contribution in [2.45, 2.75) is 6.92 Å². The van der Waals surface area contributed by atoms with Crippen LogP contribution in [0.2, 0.25) is 0 Å². The Morgan fingerprint density at radius 3 is 2.00 bits per heavy atom. The molecule has 0 aliphatic rings. The first-order chi connectivity index (χ1) is 6.04. The van der Waals surface area contributed by atoms with Gasteiger partial charge in [-0.25, -0.2) is 4.79 Å². The van der Waals surface area contributed by atoms with Gasteiger partial charge in [0, 0.05) is 0 Å². The van der Waals surface area contributed by atoms with Gasteiger partial charge in [-0.05, 0) is 19.1 Å². The van der Waals surface area contributed by atoms with Crippen LogP contribution in [0.3, 0.4) is 0 Å². The van der Waals surface area contributed by atoms with Crippen LogP contribution in [0.5, 0.6) is 5.75 Å². The third-order valence-electron chi connectivity index (χ3n) is 1.65. The zero-order chi connectivity index (χ0) is 10.0. The van der Waals surface area contributed by atoms with Crippen LogP contribution in [0.1, 0.15) is 27.6 Å². The molecule has 0 atom stereocenters. The fraction of sp³-hybridized carbons (Fsp3) is 0.111. The lowest BCUT2D eigenvalue weighted by atomic mass is 10.1. The normalized spacial score (nSPS) is 8.33. The van der Waals surface area contributed by atoms with Crippen molar-refractivity contribution in [1.82, 2.24) is 0 Å². The zero-order valence-electron chi connectivity index (χ0n) is 7.94. The van der Waals surface area contributed by atoms with E-state index in [1.165, 1.54) is 25.1 Å². The number of benzene rings is 1. The number of carboxylic acids is 1. The predicted octanol–water partition coefficient (Wildman–Crippen LogP) is -0.356. The molecule has 6 N–H and O–H groups in total. The van der Waals surface area contributed by atoms with Gasteiger partial charge in [-0.2, -0.15) is 0 Å². The molecule has 0 bridgehead atoms. The molecule has 1 aromatic rings. The first-order valence-electron chi connectivity index (χ1n) is 3.60. The third-order valence-corrected chi connectivity index (χ3v) is 1.65. The maximum absolute atomic E-state index is 10.9. The quantitative estimate of drug-likeness (QED) is 0.652. The number of hydrogen-bond donors (Lipinski definition) is 2. The summed E-state index contributed by atoms with van der Waals surface area (Å²) in [6.45, 7) is 1.26. The monoisotopic (exact) mass is 216 g/mol. The van der Waals surface area contributed by atoms with E-state index in [9.17, 15) is 14.7 Å². The van der Waals surface area contributed by atoms with Gasteiger partial charge in [0.25, 0.3) is 0 Å². The third kappa shape index (κ3) is 3.04. The minimum Gasteiger partial charge on any atom is -0.506 e.